The fourth-order valence-corrected chi connectivity index (χ4v) is 11.7. The number of carboxylic acids is 1. The highest BCUT2D eigenvalue weighted by molar-refractivity contribution is 5.76. The van der Waals surface area contributed by atoms with Crippen LogP contribution in [-0.2, 0) is 4.79 Å². The van der Waals surface area contributed by atoms with E-state index in [9.17, 15) is 20.3 Å². The van der Waals surface area contributed by atoms with Crippen molar-refractivity contribution in [2.24, 2.45) is 56.7 Å². The molecule has 5 fully saturated rings. The lowest BCUT2D eigenvalue weighted by molar-refractivity contribution is -0.248. The number of nitriles is 1. The van der Waals surface area contributed by atoms with Crippen LogP contribution in [0.25, 0.3) is 0 Å². The van der Waals surface area contributed by atoms with E-state index in [1.54, 1.807) is 6.08 Å². The fourth-order valence-electron chi connectivity index (χ4n) is 11.7. The number of hydrogen-bond donors (Lipinski definition) is 2. The van der Waals surface area contributed by atoms with Crippen LogP contribution in [0.1, 0.15) is 106 Å². The SMILES string of the molecule is C/C(=C/C#N)[C@@H]1CC[C@]2(C(=O)O)CC[C@]3(C)C(CCC4[C@@]5(C)CC[C@H](O)C(C)(C)C5CC[C@]43C)C12. The molecule has 35 heavy (non-hydrogen) atoms. The zero-order chi connectivity index (χ0) is 25.6. The van der Waals surface area contributed by atoms with Crippen LogP contribution in [-0.4, -0.2) is 22.3 Å². The topological polar surface area (TPSA) is 81.3 Å². The fraction of sp³-hybridized carbons (Fsp3) is 0.871. The van der Waals surface area contributed by atoms with E-state index in [1.165, 1.54) is 19.3 Å². The molecule has 0 aromatic carbocycles. The van der Waals surface area contributed by atoms with Crippen molar-refractivity contribution in [1.82, 2.24) is 0 Å². The van der Waals surface area contributed by atoms with Gasteiger partial charge in [-0.2, -0.15) is 5.26 Å². The van der Waals surface area contributed by atoms with Crippen LogP contribution in [0.15, 0.2) is 11.6 Å². The van der Waals surface area contributed by atoms with Crippen LogP contribution in [0.4, 0.5) is 0 Å². The summed E-state index contributed by atoms with van der Waals surface area (Å²) in [6.45, 7) is 14.3. The monoisotopic (exact) mass is 481 g/mol. The van der Waals surface area contributed by atoms with Gasteiger partial charge in [-0.05, 0) is 122 Å². The summed E-state index contributed by atoms with van der Waals surface area (Å²) >= 11 is 0. The van der Waals surface area contributed by atoms with Crippen LogP contribution in [0, 0.1) is 68.0 Å². The molecule has 0 radical (unpaired) electrons. The Hall–Kier alpha value is -1.34. The minimum absolute atomic E-state index is 0.0488. The third kappa shape index (κ3) is 3.03. The first-order valence-electron chi connectivity index (χ1n) is 14.3. The van der Waals surface area contributed by atoms with Gasteiger partial charge in [-0.25, -0.2) is 0 Å². The Morgan fingerprint density at radius 1 is 0.886 bits per heavy atom. The number of fused-ring (bicyclic) bond motifs is 7. The molecule has 4 nitrogen and oxygen atoms in total. The highest BCUT2D eigenvalue weighted by Crippen LogP contribution is 2.77. The lowest BCUT2D eigenvalue weighted by Gasteiger charge is -2.72. The third-order valence-electron chi connectivity index (χ3n) is 13.7. The molecular weight excluding hydrogens is 434 g/mol. The zero-order valence-electron chi connectivity index (χ0n) is 22.9. The molecule has 5 saturated carbocycles. The third-order valence-corrected chi connectivity index (χ3v) is 13.7. The largest absolute Gasteiger partial charge is 0.481 e. The first-order valence-corrected chi connectivity index (χ1v) is 14.3. The molecular formula is C31H47NO3. The van der Waals surface area contributed by atoms with Crippen molar-refractivity contribution in [3.05, 3.63) is 11.6 Å². The highest BCUT2D eigenvalue weighted by Gasteiger charge is 2.72. The molecule has 5 aliphatic carbocycles. The summed E-state index contributed by atoms with van der Waals surface area (Å²) in [5, 5.41) is 30.9. The molecule has 0 bridgehead atoms. The van der Waals surface area contributed by atoms with Crippen LogP contribution in [0.3, 0.4) is 0 Å². The Labute approximate surface area is 212 Å². The van der Waals surface area contributed by atoms with E-state index in [2.05, 4.69) is 47.6 Å². The summed E-state index contributed by atoms with van der Waals surface area (Å²) in [7, 11) is 0. The van der Waals surface area contributed by atoms with Gasteiger partial charge in [0.05, 0.1) is 17.6 Å². The highest BCUT2D eigenvalue weighted by atomic mass is 16.4. The van der Waals surface area contributed by atoms with Crippen LogP contribution in [0.2, 0.25) is 0 Å². The van der Waals surface area contributed by atoms with Crippen molar-refractivity contribution >= 4 is 5.97 Å². The number of nitrogens with zero attached hydrogens (tertiary/aromatic N) is 1. The number of aliphatic carboxylic acids is 1. The maximum atomic E-state index is 12.9. The number of carboxylic acid groups (broad SMARTS) is 1. The Morgan fingerprint density at radius 3 is 2.26 bits per heavy atom. The summed E-state index contributed by atoms with van der Waals surface area (Å²) in [5.41, 5.74) is 0.952. The molecule has 0 saturated heterocycles. The molecule has 2 N–H and O–H groups in total. The van der Waals surface area contributed by atoms with Gasteiger partial charge >= 0.3 is 5.97 Å². The second-order valence-corrected chi connectivity index (χ2v) is 14.7. The minimum atomic E-state index is -0.624. The normalized spacial score (nSPS) is 52.9. The van der Waals surface area contributed by atoms with Gasteiger partial charge in [-0.1, -0.05) is 40.2 Å². The average Bonchev–Trinajstić information content (AvgIpc) is 3.18. The standard InChI is InChI=1S/C31H47NO3/c1-19(12-18-32)20-9-15-31(26(34)35)17-16-29(5)21(25(20)31)7-8-23-28(4)13-11-24(33)27(2,3)22(28)10-14-30(23,29)6/h12,20-25,33H,7-11,13-17H2,1-6H3,(H,34,35)/b19-12-/t20-,21?,22?,23?,24-,25?,28-,29+,30+,31-/m0/s1. The molecule has 5 aliphatic rings. The quantitative estimate of drug-likeness (QED) is 0.417. The van der Waals surface area contributed by atoms with E-state index in [4.69, 9.17) is 0 Å². The molecule has 5 rings (SSSR count). The summed E-state index contributed by atoms with van der Waals surface area (Å²) < 4.78 is 0. The van der Waals surface area contributed by atoms with Crippen molar-refractivity contribution in [3.8, 4) is 6.07 Å². The van der Waals surface area contributed by atoms with E-state index >= 15 is 0 Å². The molecule has 0 aromatic heterocycles. The van der Waals surface area contributed by atoms with Crippen molar-refractivity contribution < 1.29 is 15.0 Å². The Morgan fingerprint density at radius 2 is 1.60 bits per heavy atom. The summed E-state index contributed by atoms with van der Waals surface area (Å²) in [6.07, 6.45) is 11.6. The van der Waals surface area contributed by atoms with Crippen molar-refractivity contribution in [2.45, 2.75) is 112 Å². The van der Waals surface area contributed by atoms with Crippen molar-refractivity contribution in [1.29, 1.82) is 5.26 Å². The lowest BCUT2D eigenvalue weighted by atomic mass is 9.32. The first kappa shape index (κ1) is 25.3. The van der Waals surface area contributed by atoms with Crippen LogP contribution in [0.5, 0.6) is 0 Å². The average molecular weight is 482 g/mol. The molecule has 0 aliphatic heterocycles. The van der Waals surface area contributed by atoms with Crippen LogP contribution >= 0.6 is 0 Å². The predicted octanol–water partition coefficient (Wildman–Crippen LogP) is 6.98. The van der Waals surface area contributed by atoms with Crippen molar-refractivity contribution in [3.63, 3.8) is 0 Å². The van der Waals surface area contributed by atoms with Crippen molar-refractivity contribution in [2.75, 3.05) is 0 Å². The molecule has 0 amide bonds. The van der Waals surface area contributed by atoms with E-state index in [0.717, 1.165) is 50.5 Å². The predicted molar refractivity (Wildman–Crippen MR) is 137 cm³/mol. The molecule has 10 atom stereocenters. The van der Waals surface area contributed by atoms with Gasteiger partial charge < -0.3 is 10.2 Å². The second kappa shape index (κ2) is 7.83. The maximum absolute atomic E-state index is 12.9. The van der Waals surface area contributed by atoms with Gasteiger partial charge in [0.2, 0.25) is 0 Å². The van der Waals surface area contributed by atoms with E-state index in [-0.39, 0.29) is 39.6 Å². The van der Waals surface area contributed by atoms with Gasteiger partial charge in [0, 0.05) is 6.08 Å². The van der Waals surface area contributed by atoms with Gasteiger partial charge in [0.1, 0.15) is 0 Å². The molecule has 0 spiro atoms. The molecule has 0 aromatic rings. The van der Waals surface area contributed by atoms with Gasteiger partial charge in [-0.3, -0.25) is 4.79 Å². The minimum Gasteiger partial charge on any atom is -0.481 e. The maximum Gasteiger partial charge on any atom is 0.309 e. The van der Waals surface area contributed by atoms with Gasteiger partial charge in [0.25, 0.3) is 0 Å². The number of carbonyl (C=O) groups is 1. The Kier molecular flexibility index (Phi) is 5.66. The van der Waals surface area contributed by atoms with E-state index in [1.807, 2.05) is 0 Å². The molecule has 194 valence electrons. The van der Waals surface area contributed by atoms with Gasteiger partial charge in [-0.15, -0.1) is 0 Å². The Bertz CT molecular complexity index is 978. The number of rotatable bonds is 2. The van der Waals surface area contributed by atoms with Crippen LogP contribution < -0.4 is 0 Å². The lowest BCUT2D eigenvalue weighted by Crippen LogP contribution is -2.67. The van der Waals surface area contributed by atoms with E-state index < -0.39 is 11.4 Å². The summed E-state index contributed by atoms with van der Waals surface area (Å²) in [4.78, 5) is 12.9. The number of aliphatic hydroxyl groups is 1. The van der Waals surface area contributed by atoms with E-state index in [0.29, 0.717) is 17.8 Å². The second-order valence-electron chi connectivity index (χ2n) is 14.7. The number of hydrogen-bond acceptors (Lipinski definition) is 3. The molecule has 4 unspecified atom stereocenters. The molecule has 0 heterocycles. The zero-order valence-corrected chi connectivity index (χ0v) is 22.9. The summed E-state index contributed by atoms with van der Waals surface area (Å²) in [5.74, 6) is 1.31. The number of allylic oxidation sites excluding steroid dienone is 2. The van der Waals surface area contributed by atoms with Gasteiger partial charge in [0.15, 0.2) is 0 Å². The Balaban J connectivity index is 1.57. The molecule has 4 heteroatoms. The summed E-state index contributed by atoms with van der Waals surface area (Å²) in [6, 6.07) is 2.23. The first-order chi connectivity index (χ1) is 16.3. The smallest absolute Gasteiger partial charge is 0.309 e. The number of aliphatic hydroxyl groups excluding tert-OH is 1.